The molecule has 1 fully saturated rings. The number of hydrogen-bond acceptors (Lipinski definition) is 3. The highest BCUT2D eigenvalue weighted by atomic mass is 16.4. The minimum atomic E-state index is -0.968. The summed E-state index contributed by atoms with van der Waals surface area (Å²) in [5.74, 6) is -1.31. The first kappa shape index (κ1) is 18.2. The third-order valence-corrected chi connectivity index (χ3v) is 4.50. The number of Topliss-reactive ketones (excluding diaryl/α,β-unsaturated/α-hetero) is 1. The van der Waals surface area contributed by atoms with Crippen molar-refractivity contribution in [2.24, 2.45) is 0 Å². The van der Waals surface area contributed by atoms with Gasteiger partial charge in [0.25, 0.3) is 0 Å². The molecule has 1 atom stereocenters. The van der Waals surface area contributed by atoms with E-state index in [1.54, 1.807) is 12.1 Å². The number of carbonyl (C=O) groups is 3. The van der Waals surface area contributed by atoms with Crippen molar-refractivity contribution in [1.29, 1.82) is 0 Å². The van der Waals surface area contributed by atoms with Gasteiger partial charge >= 0.3 is 5.97 Å². The second kappa shape index (κ2) is 7.16. The lowest BCUT2D eigenvalue weighted by molar-refractivity contribution is -0.148. The molecule has 0 aromatic heterocycles. The number of hydrogen-bond donors (Lipinski definition) is 1. The Labute approximate surface area is 142 Å². The molecule has 0 saturated carbocycles. The van der Waals surface area contributed by atoms with Gasteiger partial charge in [-0.2, -0.15) is 0 Å². The van der Waals surface area contributed by atoms with Crippen molar-refractivity contribution in [3.8, 4) is 0 Å². The predicted octanol–water partition coefficient (Wildman–Crippen LogP) is 3.02. The van der Waals surface area contributed by atoms with E-state index in [9.17, 15) is 14.4 Å². The molecule has 5 nitrogen and oxygen atoms in total. The predicted molar refractivity (Wildman–Crippen MR) is 91.1 cm³/mol. The van der Waals surface area contributed by atoms with Gasteiger partial charge in [-0.05, 0) is 23.8 Å². The Morgan fingerprint density at radius 3 is 2.29 bits per heavy atom. The molecule has 0 aliphatic carbocycles. The first-order valence-electron chi connectivity index (χ1n) is 8.36. The first-order valence-corrected chi connectivity index (χ1v) is 8.36. The Morgan fingerprint density at radius 1 is 1.12 bits per heavy atom. The number of aliphatic carboxylic acids is 1. The zero-order valence-electron chi connectivity index (χ0n) is 14.5. The Balaban J connectivity index is 1.93. The minimum absolute atomic E-state index is 0.0269. The zero-order chi connectivity index (χ0) is 17.9. The fraction of sp³-hybridized carbons (Fsp3) is 0.526. The summed E-state index contributed by atoms with van der Waals surface area (Å²) in [5, 5.41) is 9.12. The number of carbonyl (C=O) groups excluding carboxylic acids is 2. The molecule has 2 rings (SSSR count). The molecule has 0 bridgehead atoms. The molecular formula is C19H25NO4. The van der Waals surface area contributed by atoms with E-state index in [0.29, 0.717) is 24.9 Å². The van der Waals surface area contributed by atoms with E-state index in [0.717, 1.165) is 5.56 Å². The molecule has 0 radical (unpaired) electrons. The Kier molecular flexibility index (Phi) is 5.42. The van der Waals surface area contributed by atoms with Gasteiger partial charge in [-0.15, -0.1) is 0 Å². The van der Waals surface area contributed by atoms with Crippen LogP contribution in [0.2, 0.25) is 0 Å². The number of amides is 1. The number of carboxylic acids is 1. The van der Waals surface area contributed by atoms with Crippen LogP contribution in [0.1, 0.15) is 62.4 Å². The van der Waals surface area contributed by atoms with Crippen LogP contribution in [-0.2, 0) is 15.0 Å². The molecule has 1 saturated heterocycles. The van der Waals surface area contributed by atoms with Crippen LogP contribution in [0.15, 0.2) is 24.3 Å². The van der Waals surface area contributed by atoms with Crippen molar-refractivity contribution in [3.63, 3.8) is 0 Å². The maximum absolute atomic E-state index is 12.3. The van der Waals surface area contributed by atoms with Crippen LogP contribution in [0.4, 0.5) is 0 Å². The quantitative estimate of drug-likeness (QED) is 0.842. The van der Waals surface area contributed by atoms with Crippen LogP contribution in [0.5, 0.6) is 0 Å². The number of nitrogens with zero attached hydrogens (tertiary/aromatic N) is 1. The number of rotatable bonds is 5. The SMILES string of the molecule is CC(C)(C)c1ccc(C(=O)CCC(=O)N2CCC[C@H]2C(=O)O)cc1. The summed E-state index contributed by atoms with van der Waals surface area (Å²) >= 11 is 0. The second-order valence-corrected chi connectivity index (χ2v) is 7.33. The average molecular weight is 331 g/mol. The highest BCUT2D eigenvalue weighted by Crippen LogP contribution is 2.23. The van der Waals surface area contributed by atoms with Crippen molar-refractivity contribution in [3.05, 3.63) is 35.4 Å². The van der Waals surface area contributed by atoms with Crippen LogP contribution in [0, 0.1) is 0 Å². The zero-order valence-corrected chi connectivity index (χ0v) is 14.5. The van der Waals surface area contributed by atoms with Gasteiger partial charge in [0, 0.05) is 24.9 Å². The average Bonchev–Trinajstić information content (AvgIpc) is 3.01. The van der Waals surface area contributed by atoms with Gasteiger partial charge in [0.2, 0.25) is 5.91 Å². The number of likely N-dealkylation sites (tertiary alicyclic amines) is 1. The Hall–Kier alpha value is -2.17. The van der Waals surface area contributed by atoms with E-state index >= 15 is 0 Å². The molecule has 1 aromatic rings. The fourth-order valence-electron chi connectivity index (χ4n) is 2.99. The summed E-state index contributed by atoms with van der Waals surface area (Å²) < 4.78 is 0. The van der Waals surface area contributed by atoms with Gasteiger partial charge in [0.05, 0.1) is 0 Å². The Bertz CT molecular complexity index is 628. The van der Waals surface area contributed by atoms with Crippen LogP contribution in [0.25, 0.3) is 0 Å². The van der Waals surface area contributed by atoms with Crippen molar-refractivity contribution < 1.29 is 19.5 Å². The van der Waals surface area contributed by atoms with E-state index in [2.05, 4.69) is 20.8 Å². The minimum Gasteiger partial charge on any atom is -0.480 e. The standard InChI is InChI=1S/C19H25NO4/c1-19(2,3)14-8-6-13(7-9-14)16(21)10-11-17(22)20-12-4-5-15(20)18(23)24/h6-9,15H,4-5,10-12H2,1-3H3,(H,23,24)/t15-/m0/s1. The van der Waals surface area contributed by atoms with E-state index in [1.165, 1.54) is 4.90 Å². The van der Waals surface area contributed by atoms with Crippen LogP contribution < -0.4 is 0 Å². The molecule has 5 heteroatoms. The highest BCUT2D eigenvalue weighted by Gasteiger charge is 2.33. The molecule has 1 amide bonds. The lowest BCUT2D eigenvalue weighted by Gasteiger charge is -2.21. The monoisotopic (exact) mass is 331 g/mol. The van der Waals surface area contributed by atoms with Crippen LogP contribution in [0.3, 0.4) is 0 Å². The summed E-state index contributed by atoms with van der Waals surface area (Å²) in [5.41, 5.74) is 1.77. The topological polar surface area (TPSA) is 74.7 Å². The molecule has 1 aliphatic heterocycles. The third kappa shape index (κ3) is 4.22. The lowest BCUT2D eigenvalue weighted by Crippen LogP contribution is -2.40. The summed E-state index contributed by atoms with van der Waals surface area (Å²) in [4.78, 5) is 37.0. The maximum atomic E-state index is 12.3. The van der Waals surface area contributed by atoms with E-state index in [4.69, 9.17) is 5.11 Å². The second-order valence-electron chi connectivity index (χ2n) is 7.33. The third-order valence-electron chi connectivity index (χ3n) is 4.50. The van der Waals surface area contributed by atoms with Gasteiger partial charge in [0.1, 0.15) is 6.04 Å². The molecule has 24 heavy (non-hydrogen) atoms. The number of benzene rings is 1. The fourth-order valence-corrected chi connectivity index (χ4v) is 2.99. The van der Waals surface area contributed by atoms with Crippen molar-refractivity contribution in [2.45, 2.75) is 57.9 Å². The molecule has 130 valence electrons. The maximum Gasteiger partial charge on any atom is 0.326 e. The molecule has 1 aromatic carbocycles. The van der Waals surface area contributed by atoms with E-state index in [1.807, 2.05) is 12.1 Å². The first-order chi connectivity index (χ1) is 11.2. The molecule has 1 heterocycles. The molecular weight excluding hydrogens is 306 g/mol. The van der Waals surface area contributed by atoms with E-state index in [-0.39, 0.29) is 29.9 Å². The molecule has 1 N–H and O–H groups in total. The molecule has 1 aliphatic rings. The lowest BCUT2D eigenvalue weighted by atomic mass is 9.86. The Morgan fingerprint density at radius 2 is 1.75 bits per heavy atom. The van der Waals surface area contributed by atoms with Crippen molar-refractivity contribution in [2.75, 3.05) is 6.54 Å². The van der Waals surface area contributed by atoms with Gasteiger partial charge in [-0.25, -0.2) is 4.79 Å². The van der Waals surface area contributed by atoms with Crippen molar-refractivity contribution >= 4 is 17.7 Å². The van der Waals surface area contributed by atoms with Gasteiger partial charge in [0.15, 0.2) is 5.78 Å². The van der Waals surface area contributed by atoms with Gasteiger partial charge in [-0.1, -0.05) is 45.0 Å². The highest BCUT2D eigenvalue weighted by molar-refractivity contribution is 5.98. The summed E-state index contributed by atoms with van der Waals surface area (Å²) in [6, 6.07) is 6.73. The smallest absolute Gasteiger partial charge is 0.326 e. The van der Waals surface area contributed by atoms with E-state index < -0.39 is 12.0 Å². The van der Waals surface area contributed by atoms with Crippen molar-refractivity contribution in [1.82, 2.24) is 4.90 Å². The summed E-state index contributed by atoms with van der Waals surface area (Å²) in [6.45, 7) is 6.79. The molecule has 0 unspecified atom stereocenters. The van der Waals surface area contributed by atoms with Gasteiger partial charge in [-0.3, -0.25) is 9.59 Å². The van der Waals surface area contributed by atoms with Crippen LogP contribution in [-0.4, -0.2) is 40.3 Å². The van der Waals surface area contributed by atoms with Gasteiger partial charge < -0.3 is 10.0 Å². The van der Waals surface area contributed by atoms with Crippen LogP contribution >= 0.6 is 0 Å². The number of ketones is 1. The largest absolute Gasteiger partial charge is 0.480 e. The number of carboxylic acid groups (broad SMARTS) is 1. The summed E-state index contributed by atoms with van der Waals surface area (Å²) in [6.07, 6.45) is 1.36. The summed E-state index contributed by atoms with van der Waals surface area (Å²) in [7, 11) is 0. The molecule has 0 spiro atoms. The normalized spacial score (nSPS) is 17.8.